The fourth-order valence-electron chi connectivity index (χ4n) is 6.01. The average Bonchev–Trinajstić information content (AvgIpc) is 3.12. The lowest BCUT2D eigenvalue weighted by Gasteiger charge is -2.48. The molecule has 29 heavy (non-hydrogen) atoms. The van der Waals surface area contributed by atoms with E-state index < -0.39 is 6.10 Å². The molecule has 3 heterocycles. The van der Waals surface area contributed by atoms with E-state index in [9.17, 15) is 9.90 Å². The molecule has 0 amide bonds. The van der Waals surface area contributed by atoms with Crippen molar-refractivity contribution >= 4 is 16.9 Å². The largest absolute Gasteiger partial charge is 1.00 e. The second-order valence-electron chi connectivity index (χ2n) is 8.33. The van der Waals surface area contributed by atoms with Gasteiger partial charge in [-0.1, -0.05) is 18.2 Å². The highest BCUT2D eigenvalue weighted by Gasteiger charge is 2.51. The number of rotatable bonds is 1. The molecule has 160 valence electrons. The number of aliphatic hydroxyl groups is 2. The van der Waals surface area contributed by atoms with Crippen LogP contribution >= 0.6 is 0 Å². The number of carbonyl (C=O) groups excluding carboxylic acids is 1. The Balaban J connectivity index is 0.000000778. The van der Waals surface area contributed by atoms with Gasteiger partial charge in [0.15, 0.2) is 0 Å². The maximum absolute atomic E-state index is 12.4. The van der Waals surface area contributed by atoms with Gasteiger partial charge >= 0.3 is 5.97 Å². The number of hydrogen-bond donors (Lipinski definition) is 4. The minimum Gasteiger partial charge on any atom is -1.00 e. The summed E-state index contributed by atoms with van der Waals surface area (Å²) in [4.78, 5) is 17.7. The molecule has 6 nitrogen and oxygen atoms in total. The Morgan fingerprint density at radius 2 is 2.00 bits per heavy atom. The predicted octanol–water partition coefficient (Wildman–Crippen LogP) is -2.16. The number of aromatic nitrogens is 1. The molecule has 5 rings (SSSR count). The number of H-pyrrole nitrogens is 1. The van der Waals surface area contributed by atoms with Gasteiger partial charge in [0.05, 0.1) is 37.9 Å². The standard InChI is InChI=1S/C21H26N2O3.CH4O.ClH/c1-26-21(25)19-15-10-17-20-14(13-4-2-3-5-16(13)22-20)8-9-23(17)11-12(15)6-7-18(19)24;1-2;/h2-5,12,15,17-19,22,24H,6-11H2,1H3;2H,1H3;1H/t12-,15+,17+,18+,19+;;/m1../s1. The zero-order chi connectivity index (χ0) is 19.8. The smallest absolute Gasteiger partial charge is 0.311 e. The van der Waals surface area contributed by atoms with Crippen LogP contribution in [0.3, 0.4) is 0 Å². The Bertz CT molecular complexity index is 854. The van der Waals surface area contributed by atoms with E-state index >= 15 is 0 Å². The van der Waals surface area contributed by atoms with E-state index in [1.54, 1.807) is 4.90 Å². The summed E-state index contributed by atoms with van der Waals surface area (Å²) in [6.07, 6.45) is 3.25. The molecular weight excluding hydrogens is 392 g/mol. The molecule has 0 radical (unpaired) electrons. The van der Waals surface area contributed by atoms with Crippen LogP contribution in [-0.2, 0) is 16.0 Å². The first-order valence-electron chi connectivity index (χ1n) is 10.3. The van der Waals surface area contributed by atoms with Crippen molar-refractivity contribution in [1.82, 2.24) is 4.98 Å². The van der Waals surface area contributed by atoms with Crippen molar-refractivity contribution in [2.45, 2.75) is 37.8 Å². The van der Waals surface area contributed by atoms with Crippen LogP contribution in [0.2, 0.25) is 0 Å². The van der Waals surface area contributed by atoms with Crippen LogP contribution in [0.15, 0.2) is 24.3 Å². The van der Waals surface area contributed by atoms with E-state index in [1.807, 2.05) is 0 Å². The Morgan fingerprint density at radius 3 is 2.76 bits per heavy atom. The summed E-state index contributed by atoms with van der Waals surface area (Å²) in [7, 11) is 2.44. The third-order valence-electron chi connectivity index (χ3n) is 7.20. The van der Waals surface area contributed by atoms with Crippen molar-refractivity contribution < 1.29 is 37.1 Å². The number of aromatic amines is 1. The minimum atomic E-state index is -0.559. The number of piperidine rings is 1. The third-order valence-corrected chi connectivity index (χ3v) is 7.20. The number of ether oxygens (including phenoxy) is 1. The molecule has 1 aliphatic carbocycles. The molecule has 2 aromatic rings. The summed E-state index contributed by atoms with van der Waals surface area (Å²) in [6, 6.07) is 8.95. The van der Waals surface area contributed by atoms with Gasteiger partial charge in [0.25, 0.3) is 0 Å². The normalized spacial score (nSPS) is 32.6. The molecule has 0 bridgehead atoms. The molecule has 0 spiro atoms. The summed E-state index contributed by atoms with van der Waals surface area (Å²) in [6.45, 7) is 2.26. The van der Waals surface area contributed by atoms with Gasteiger partial charge in [0.1, 0.15) is 6.04 Å². The molecule has 1 saturated heterocycles. The lowest BCUT2D eigenvalue weighted by Crippen LogP contribution is -3.15. The van der Waals surface area contributed by atoms with Crippen molar-refractivity contribution in [2.75, 3.05) is 27.3 Å². The second-order valence-corrected chi connectivity index (χ2v) is 8.33. The van der Waals surface area contributed by atoms with Crippen LogP contribution in [0.1, 0.15) is 36.6 Å². The number of hydrogen-bond acceptors (Lipinski definition) is 4. The van der Waals surface area contributed by atoms with Crippen molar-refractivity contribution in [3.8, 4) is 0 Å². The zero-order valence-corrected chi connectivity index (χ0v) is 17.8. The number of methoxy groups -OCH3 is 1. The number of esters is 1. The van der Waals surface area contributed by atoms with E-state index in [4.69, 9.17) is 9.84 Å². The third kappa shape index (κ3) is 3.67. The summed E-state index contributed by atoms with van der Waals surface area (Å²) < 4.78 is 5.05. The molecule has 1 aromatic heterocycles. The van der Waals surface area contributed by atoms with E-state index in [0.717, 1.165) is 45.9 Å². The van der Waals surface area contributed by atoms with Crippen molar-refractivity contribution in [3.63, 3.8) is 0 Å². The van der Waals surface area contributed by atoms with Crippen LogP contribution in [-0.4, -0.2) is 54.6 Å². The van der Waals surface area contributed by atoms with E-state index in [0.29, 0.717) is 12.0 Å². The van der Waals surface area contributed by atoms with Crippen molar-refractivity contribution in [3.05, 3.63) is 35.5 Å². The quantitative estimate of drug-likeness (QED) is 0.394. The first-order valence-corrected chi connectivity index (χ1v) is 10.3. The molecule has 3 aliphatic rings. The summed E-state index contributed by atoms with van der Waals surface area (Å²) in [5.74, 6) is 0.135. The number of nitrogens with one attached hydrogen (secondary N) is 2. The maximum Gasteiger partial charge on any atom is 0.311 e. The Hall–Kier alpha value is -1.60. The number of para-hydroxylation sites is 1. The number of aliphatic hydroxyl groups excluding tert-OH is 2. The summed E-state index contributed by atoms with van der Waals surface area (Å²) >= 11 is 0. The maximum atomic E-state index is 12.4. The first-order chi connectivity index (χ1) is 13.7. The average molecular weight is 423 g/mol. The lowest BCUT2D eigenvalue weighted by molar-refractivity contribution is -0.945. The number of quaternary nitrogens is 1. The van der Waals surface area contributed by atoms with Gasteiger partial charge < -0.3 is 37.2 Å². The monoisotopic (exact) mass is 422 g/mol. The van der Waals surface area contributed by atoms with Crippen LogP contribution in [0, 0.1) is 17.8 Å². The first kappa shape index (κ1) is 22.1. The molecule has 1 aromatic carbocycles. The fraction of sp³-hybridized carbons (Fsp3) is 0.591. The highest BCUT2D eigenvalue weighted by Crippen LogP contribution is 2.43. The molecule has 2 fully saturated rings. The fourth-order valence-corrected chi connectivity index (χ4v) is 6.01. The number of benzene rings is 1. The summed E-state index contributed by atoms with van der Waals surface area (Å²) in [5, 5.41) is 18.8. The SMILES string of the molecule is CO.COC(=O)[C@H]1[C@H]2C[C@H]3c4[nH]c5ccccc5c4CC[NH+]3C[C@H]2CC[C@@H]1O.[Cl-]. The topological polar surface area (TPSA) is 87.0 Å². The molecule has 1 unspecified atom stereocenters. The van der Waals surface area contributed by atoms with Gasteiger partial charge in [-0.2, -0.15) is 0 Å². The van der Waals surface area contributed by atoms with E-state index in [-0.39, 0.29) is 30.2 Å². The summed E-state index contributed by atoms with van der Waals surface area (Å²) in [5.41, 5.74) is 4.03. The van der Waals surface area contributed by atoms with Crippen LogP contribution in [0.4, 0.5) is 0 Å². The van der Waals surface area contributed by atoms with Crippen LogP contribution < -0.4 is 17.3 Å². The Kier molecular flexibility index (Phi) is 6.89. The predicted molar refractivity (Wildman–Crippen MR) is 106 cm³/mol. The number of halogens is 1. The Labute approximate surface area is 177 Å². The number of carbonyl (C=O) groups is 1. The number of fused-ring (bicyclic) bond motifs is 6. The molecule has 7 heteroatoms. The highest BCUT2D eigenvalue weighted by molar-refractivity contribution is 5.85. The lowest BCUT2D eigenvalue weighted by atomic mass is 9.65. The van der Waals surface area contributed by atoms with Gasteiger partial charge in [0, 0.05) is 36.8 Å². The van der Waals surface area contributed by atoms with Gasteiger partial charge in [-0.25, -0.2) is 0 Å². The molecule has 4 N–H and O–H groups in total. The molecule has 6 atom stereocenters. The zero-order valence-electron chi connectivity index (χ0n) is 17.0. The van der Waals surface area contributed by atoms with Gasteiger partial charge in [-0.05, 0) is 30.4 Å². The van der Waals surface area contributed by atoms with Gasteiger partial charge in [-0.3, -0.25) is 4.79 Å². The van der Waals surface area contributed by atoms with Gasteiger partial charge in [-0.15, -0.1) is 0 Å². The van der Waals surface area contributed by atoms with E-state index in [2.05, 4.69) is 29.2 Å². The van der Waals surface area contributed by atoms with Crippen LogP contribution in [0.25, 0.3) is 10.9 Å². The highest BCUT2D eigenvalue weighted by atomic mass is 35.5. The second kappa shape index (κ2) is 9.04. The van der Waals surface area contributed by atoms with E-state index in [1.165, 1.54) is 29.3 Å². The molecule has 1 saturated carbocycles. The Morgan fingerprint density at radius 1 is 1.24 bits per heavy atom. The van der Waals surface area contributed by atoms with Crippen molar-refractivity contribution in [2.24, 2.45) is 17.8 Å². The molecule has 2 aliphatic heterocycles. The van der Waals surface area contributed by atoms with Crippen molar-refractivity contribution in [1.29, 1.82) is 0 Å². The van der Waals surface area contributed by atoms with Gasteiger partial charge in [0.2, 0.25) is 0 Å². The minimum absolute atomic E-state index is 0. The molecular formula is C22H31ClN2O4. The van der Waals surface area contributed by atoms with Crippen LogP contribution in [0.5, 0.6) is 0 Å².